The molecule has 2 heterocycles. The fraction of sp³-hybridized carbons (Fsp3) is 0.458. The molecule has 1 amide bonds. The third kappa shape index (κ3) is 6.22. The molecule has 4 nitrogen and oxygen atoms in total. The van der Waals surface area contributed by atoms with Gasteiger partial charge in [-0.25, -0.2) is 0 Å². The number of amides is 1. The van der Waals surface area contributed by atoms with Gasteiger partial charge in [0.25, 0.3) is 0 Å². The molecule has 29 heavy (non-hydrogen) atoms. The van der Waals surface area contributed by atoms with Gasteiger partial charge < -0.3 is 15.5 Å². The summed E-state index contributed by atoms with van der Waals surface area (Å²) in [7, 11) is 0. The molecule has 2 aromatic rings. The van der Waals surface area contributed by atoms with Crippen molar-refractivity contribution in [2.24, 2.45) is 5.92 Å². The normalized spacial score (nSPS) is 17.5. The van der Waals surface area contributed by atoms with Gasteiger partial charge in [0.1, 0.15) is 0 Å². The van der Waals surface area contributed by atoms with Crippen molar-refractivity contribution in [3.05, 3.63) is 64.7 Å². The molecule has 1 saturated heterocycles. The van der Waals surface area contributed by atoms with E-state index >= 15 is 0 Å². The molecule has 2 aliphatic heterocycles. The molecule has 0 aliphatic carbocycles. The molecule has 0 radical (unpaired) electrons. The summed E-state index contributed by atoms with van der Waals surface area (Å²) in [4.78, 5) is 14.2. The van der Waals surface area contributed by atoms with Gasteiger partial charge in [-0.15, -0.1) is 0 Å². The summed E-state index contributed by atoms with van der Waals surface area (Å²) in [5, 5.41) is 7.45. The Labute approximate surface area is 179 Å². The Balaban J connectivity index is 0.000000290. The highest BCUT2D eigenvalue weighted by Crippen LogP contribution is 2.34. The molecule has 2 aliphatic rings. The Hall–Kier alpha value is -2.04. The maximum Gasteiger partial charge on any atom is 0.217 e. The second-order valence-corrected chi connectivity index (χ2v) is 8.28. The summed E-state index contributed by atoms with van der Waals surface area (Å²) in [6, 6.07) is 16.3. The number of carbonyl (C=O) groups is 1. The van der Waals surface area contributed by atoms with E-state index in [4.69, 9.17) is 11.6 Å². The minimum absolute atomic E-state index is 0.0661. The molecule has 1 unspecified atom stereocenters. The van der Waals surface area contributed by atoms with Gasteiger partial charge in [-0.05, 0) is 74.1 Å². The predicted octanol–water partition coefficient (Wildman–Crippen LogP) is 4.90. The van der Waals surface area contributed by atoms with Crippen LogP contribution in [-0.2, 0) is 11.2 Å². The molecule has 0 aromatic heterocycles. The van der Waals surface area contributed by atoms with E-state index in [9.17, 15) is 4.79 Å². The lowest BCUT2D eigenvalue weighted by Crippen LogP contribution is -2.40. The van der Waals surface area contributed by atoms with E-state index in [1.165, 1.54) is 16.8 Å². The first kappa shape index (κ1) is 21.7. The van der Waals surface area contributed by atoms with E-state index in [1.54, 1.807) is 6.92 Å². The zero-order valence-corrected chi connectivity index (χ0v) is 18.2. The van der Waals surface area contributed by atoms with Crippen molar-refractivity contribution >= 4 is 23.2 Å². The Morgan fingerprint density at radius 3 is 2.52 bits per heavy atom. The van der Waals surface area contributed by atoms with Crippen molar-refractivity contribution in [2.45, 2.75) is 39.2 Å². The molecule has 0 bridgehead atoms. The number of hydrogen-bond acceptors (Lipinski definition) is 3. The number of carbonyl (C=O) groups excluding carboxylic acids is 1. The van der Waals surface area contributed by atoms with Crippen LogP contribution in [-0.4, -0.2) is 37.0 Å². The van der Waals surface area contributed by atoms with Crippen molar-refractivity contribution in [2.75, 3.05) is 31.5 Å². The Morgan fingerprint density at radius 1 is 1.21 bits per heavy atom. The van der Waals surface area contributed by atoms with Crippen LogP contribution < -0.4 is 10.6 Å². The number of nitrogens with zero attached hydrogens (tertiary/aromatic N) is 1. The maximum atomic E-state index is 11.7. The second kappa shape index (κ2) is 10.7. The summed E-state index contributed by atoms with van der Waals surface area (Å²) in [6.45, 7) is 8.28. The summed E-state index contributed by atoms with van der Waals surface area (Å²) in [6.07, 6.45) is 3.42. The number of piperidine rings is 1. The van der Waals surface area contributed by atoms with Crippen molar-refractivity contribution < 1.29 is 4.79 Å². The molecular formula is C24H32ClN3O. The van der Waals surface area contributed by atoms with Gasteiger partial charge in [-0.3, -0.25) is 4.79 Å². The van der Waals surface area contributed by atoms with Crippen LogP contribution in [0.25, 0.3) is 0 Å². The lowest BCUT2D eigenvalue weighted by molar-refractivity contribution is -0.120. The largest absolute Gasteiger partial charge is 0.384 e. The number of halogens is 1. The minimum atomic E-state index is 0.0661. The molecule has 156 valence electrons. The molecule has 1 atom stereocenters. The SMILES string of the molecule is CCN1CCC(C(NC(C)=O)c2ccc3c(c2)NCC3)CC1.Clc1ccccc1. The van der Waals surface area contributed by atoms with Crippen LogP contribution in [0.1, 0.15) is 43.9 Å². The summed E-state index contributed by atoms with van der Waals surface area (Å²) >= 11 is 5.54. The third-order valence-electron chi connectivity index (χ3n) is 5.85. The number of benzene rings is 2. The number of fused-ring (bicyclic) bond motifs is 1. The lowest BCUT2D eigenvalue weighted by atomic mass is 9.84. The van der Waals surface area contributed by atoms with Gasteiger partial charge in [-0.1, -0.05) is 48.9 Å². The molecule has 1 fully saturated rings. The predicted molar refractivity (Wildman–Crippen MR) is 121 cm³/mol. The number of rotatable bonds is 4. The van der Waals surface area contributed by atoms with Crippen molar-refractivity contribution in [3.8, 4) is 0 Å². The minimum Gasteiger partial charge on any atom is -0.384 e. The summed E-state index contributed by atoms with van der Waals surface area (Å²) in [5.41, 5.74) is 3.89. The van der Waals surface area contributed by atoms with Crippen LogP contribution in [0.3, 0.4) is 0 Å². The van der Waals surface area contributed by atoms with Gasteiger partial charge >= 0.3 is 0 Å². The number of nitrogens with one attached hydrogen (secondary N) is 2. The van der Waals surface area contributed by atoms with E-state index < -0.39 is 0 Å². The molecule has 2 N–H and O–H groups in total. The second-order valence-electron chi connectivity index (χ2n) is 7.84. The Kier molecular flexibility index (Phi) is 7.96. The topological polar surface area (TPSA) is 44.4 Å². The highest BCUT2D eigenvalue weighted by atomic mass is 35.5. The van der Waals surface area contributed by atoms with Gasteiger partial charge in [0.15, 0.2) is 0 Å². The van der Waals surface area contributed by atoms with E-state index in [0.717, 1.165) is 50.5 Å². The van der Waals surface area contributed by atoms with Gasteiger partial charge in [0, 0.05) is 24.2 Å². The summed E-state index contributed by atoms with van der Waals surface area (Å²) in [5.74, 6) is 0.600. The van der Waals surface area contributed by atoms with Crippen LogP contribution in [0.5, 0.6) is 0 Å². The summed E-state index contributed by atoms with van der Waals surface area (Å²) < 4.78 is 0. The van der Waals surface area contributed by atoms with Crippen LogP contribution in [0.4, 0.5) is 5.69 Å². The van der Waals surface area contributed by atoms with Crippen molar-refractivity contribution in [1.82, 2.24) is 10.2 Å². The fourth-order valence-electron chi connectivity index (χ4n) is 4.21. The average molecular weight is 414 g/mol. The lowest BCUT2D eigenvalue weighted by Gasteiger charge is -2.36. The molecule has 2 aromatic carbocycles. The van der Waals surface area contributed by atoms with Crippen molar-refractivity contribution in [3.63, 3.8) is 0 Å². The van der Waals surface area contributed by atoms with Crippen LogP contribution in [0.15, 0.2) is 48.5 Å². The maximum absolute atomic E-state index is 11.7. The van der Waals surface area contributed by atoms with Crippen LogP contribution >= 0.6 is 11.6 Å². The molecule has 4 rings (SSSR count). The van der Waals surface area contributed by atoms with Crippen molar-refractivity contribution in [1.29, 1.82) is 0 Å². The van der Waals surface area contributed by atoms with E-state index in [2.05, 4.69) is 40.7 Å². The Bertz CT molecular complexity index is 788. The number of anilines is 1. The Morgan fingerprint density at radius 2 is 1.93 bits per heavy atom. The van der Waals surface area contributed by atoms with Gasteiger partial charge in [-0.2, -0.15) is 0 Å². The third-order valence-corrected chi connectivity index (χ3v) is 6.10. The first-order chi connectivity index (χ1) is 14.1. The fourth-order valence-corrected chi connectivity index (χ4v) is 4.36. The van der Waals surface area contributed by atoms with Crippen LogP contribution in [0.2, 0.25) is 5.02 Å². The smallest absolute Gasteiger partial charge is 0.217 e. The average Bonchev–Trinajstić information content (AvgIpc) is 3.21. The van der Waals surface area contributed by atoms with Crippen LogP contribution in [0, 0.1) is 5.92 Å². The quantitative estimate of drug-likeness (QED) is 0.748. The first-order valence-corrected chi connectivity index (χ1v) is 11.0. The standard InChI is InChI=1S/C18H27N3O.C6H5Cl/c1-3-21-10-7-15(8-11-21)18(20-13(2)22)16-5-4-14-6-9-19-17(14)12-16;7-6-4-2-1-3-5-6/h4-5,12,15,18-19H,3,6-11H2,1-2H3,(H,20,22);1-5H. The zero-order valence-electron chi connectivity index (χ0n) is 17.5. The number of hydrogen-bond donors (Lipinski definition) is 2. The van der Waals surface area contributed by atoms with Gasteiger partial charge in [0.2, 0.25) is 5.91 Å². The van der Waals surface area contributed by atoms with E-state index in [1.807, 2.05) is 30.3 Å². The monoisotopic (exact) mass is 413 g/mol. The zero-order chi connectivity index (χ0) is 20.6. The first-order valence-electron chi connectivity index (χ1n) is 10.6. The van der Waals surface area contributed by atoms with E-state index in [-0.39, 0.29) is 11.9 Å². The molecule has 0 spiro atoms. The molecule has 5 heteroatoms. The van der Waals surface area contributed by atoms with Gasteiger partial charge in [0.05, 0.1) is 6.04 Å². The highest BCUT2D eigenvalue weighted by molar-refractivity contribution is 6.30. The number of likely N-dealkylation sites (tertiary alicyclic amines) is 1. The molecular weight excluding hydrogens is 382 g/mol. The van der Waals surface area contributed by atoms with E-state index in [0.29, 0.717) is 5.92 Å². The molecule has 0 saturated carbocycles. The highest BCUT2D eigenvalue weighted by Gasteiger charge is 2.28.